The lowest BCUT2D eigenvalue weighted by Crippen LogP contribution is -2.08. The number of hydrogen-bond acceptors (Lipinski definition) is 7. The first-order chi connectivity index (χ1) is 14.2. The summed E-state index contributed by atoms with van der Waals surface area (Å²) in [4.78, 5) is 16.6. The fraction of sp³-hybridized carbons (Fsp3) is 0.136. The second-order valence-electron chi connectivity index (χ2n) is 6.33. The summed E-state index contributed by atoms with van der Waals surface area (Å²) >= 11 is 0. The molecule has 2 aromatic heterocycles. The molecule has 0 saturated heterocycles. The SMILES string of the molecule is Cc1ccc(-c2nc(COC(=O)c3occc3COc3ccccc3)no2)cc1. The lowest BCUT2D eigenvalue weighted by Gasteiger charge is -2.06. The van der Waals surface area contributed by atoms with Gasteiger partial charge in [0.25, 0.3) is 5.89 Å². The average Bonchev–Trinajstić information content (AvgIpc) is 3.41. The van der Waals surface area contributed by atoms with E-state index in [1.54, 1.807) is 6.07 Å². The van der Waals surface area contributed by atoms with Crippen LogP contribution in [0.4, 0.5) is 0 Å². The number of furan rings is 1. The largest absolute Gasteiger partial charge is 0.489 e. The molecule has 4 rings (SSSR count). The Balaban J connectivity index is 1.36. The molecule has 7 heteroatoms. The maximum atomic E-state index is 12.4. The van der Waals surface area contributed by atoms with Crippen LogP contribution in [-0.4, -0.2) is 16.1 Å². The molecule has 4 aromatic rings. The van der Waals surface area contributed by atoms with Gasteiger partial charge in [0, 0.05) is 11.1 Å². The van der Waals surface area contributed by atoms with E-state index in [1.807, 2.05) is 61.5 Å². The zero-order chi connectivity index (χ0) is 20.1. The van der Waals surface area contributed by atoms with Crippen LogP contribution in [0.1, 0.15) is 27.5 Å². The second-order valence-corrected chi connectivity index (χ2v) is 6.33. The lowest BCUT2D eigenvalue weighted by molar-refractivity contribution is 0.0419. The normalized spacial score (nSPS) is 10.7. The molecule has 0 radical (unpaired) electrons. The fourth-order valence-corrected chi connectivity index (χ4v) is 2.63. The molecule has 0 N–H and O–H groups in total. The number of carbonyl (C=O) groups excluding carboxylic acids is 1. The third-order valence-corrected chi connectivity index (χ3v) is 4.17. The van der Waals surface area contributed by atoms with Crippen molar-refractivity contribution in [1.82, 2.24) is 10.1 Å². The van der Waals surface area contributed by atoms with Crippen molar-refractivity contribution in [3.8, 4) is 17.2 Å². The number of aromatic nitrogens is 2. The third kappa shape index (κ3) is 4.52. The van der Waals surface area contributed by atoms with Gasteiger partial charge in [0.2, 0.25) is 11.6 Å². The zero-order valence-corrected chi connectivity index (χ0v) is 15.7. The number of nitrogens with zero attached hydrogens (tertiary/aromatic N) is 2. The standard InChI is InChI=1S/C22H18N2O5/c1-15-7-9-16(10-8-15)21-23-19(24-29-21)14-28-22(25)20-17(11-12-26-20)13-27-18-5-3-2-4-6-18/h2-12H,13-14H2,1H3. The number of esters is 1. The molecule has 146 valence electrons. The maximum Gasteiger partial charge on any atom is 0.375 e. The van der Waals surface area contributed by atoms with Crippen molar-refractivity contribution in [3.63, 3.8) is 0 Å². The van der Waals surface area contributed by atoms with Gasteiger partial charge in [-0.3, -0.25) is 0 Å². The molecule has 29 heavy (non-hydrogen) atoms. The molecule has 0 spiro atoms. The molecule has 2 aromatic carbocycles. The Kier molecular flexibility index (Phi) is 5.38. The smallest absolute Gasteiger partial charge is 0.375 e. The molecule has 0 amide bonds. The summed E-state index contributed by atoms with van der Waals surface area (Å²) < 4.78 is 21.4. The van der Waals surface area contributed by atoms with E-state index in [-0.39, 0.29) is 24.8 Å². The molecular formula is C22H18N2O5. The van der Waals surface area contributed by atoms with E-state index in [9.17, 15) is 4.79 Å². The Morgan fingerprint density at radius 1 is 1.00 bits per heavy atom. The first-order valence-electron chi connectivity index (χ1n) is 9.00. The van der Waals surface area contributed by atoms with Gasteiger partial charge in [-0.25, -0.2) is 4.79 Å². The van der Waals surface area contributed by atoms with Crippen LogP contribution < -0.4 is 4.74 Å². The summed E-state index contributed by atoms with van der Waals surface area (Å²) in [6, 6.07) is 18.7. The minimum absolute atomic E-state index is 0.0863. The van der Waals surface area contributed by atoms with E-state index in [0.717, 1.165) is 11.1 Å². The maximum absolute atomic E-state index is 12.4. The fourth-order valence-electron chi connectivity index (χ4n) is 2.63. The number of carbonyl (C=O) groups is 1. The summed E-state index contributed by atoms with van der Waals surface area (Å²) in [7, 11) is 0. The van der Waals surface area contributed by atoms with Crippen molar-refractivity contribution < 1.29 is 23.2 Å². The lowest BCUT2D eigenvalue weighted by atomic mass is 10.1. The van der Waals surface area contributed by atoms with Crippen LogP contribution in [0.25, 0.3) is 11.5 Å². The van der Waals surface area contributed by atoms with Crippen LogP contribution in [0, 0.1) is 6.92 Å². The van der Waals surface area contributed by atoms with Gasteiger partial charge in [0.15, 0.2) is 6.61 Å². The second kappa shape index (κ2) is 8.43. The molecule has 0 fully saturated rings. The summed E-state index contributed by atoms with van der Waals surface area (Å²) in [5.41, 5.74) is 2.52. The van der Waals surface area contributed by atoms with Crippen molar-refractivity contribution in [2.24, 2.45) is 0 Å². The van der Waals surface area contributed by atoms with Gasteiger partial charge in [-0.15, -0.1) is 0 Å². The van der Waals surface area contributed by atoms with Gasteiger partial charge < -0.3 is 18.4 Å². The van der Waals surface area contributed by atoms with E-state index < -0.39 is 5.97 Å². The molecule has 0 bridgehead atoms. The highest BCUT2D eigenvalue weighted by Crippen LogP contribution is 2.19. The minimum Gasteiger partial charge on any atom is -0.489 e. The Morgan fingerprint density at radius 3 is 2.59 bits per heavy atom. The van der Waals surface area contributed by atoms with Crippen molar-refractivity contribution in [2.75, 3.05) is 0 Å². The Morgan fingerprint density at radius 2 is 1.79 bits per heavy atom. The van der Waals surface area contributed by atoms with E-state index in [2.05, 4.69) is 10.1 Å². The zero-order valence-electron chi connectivity index (χ0n) is 15.7. The monoisotopic (exact) mass is 390 g/mol. The summed E-state index contributed by atoms with van der Waals surface area (Å²) in [5, 5.41) is 3.85. The summed E-state index contributed by atoms with van der Waals surface area (Å²) in [6.45, 7) is 2.05. The molecule has 0 atom stereocenters. The van der Waals surface area contributed by atoms with Crippen molar-refractivity contribution in [2.45, 2.75) is 20.1 Å². The number of aryl methyl sites for hydroxylation is 1. The number of hydrogen-bond donors (Lipinski definition) is 0. The average molecular weight is 390 g/mol. The van der Waals surface area contributed by atoms with Crippen molar-refractivity contribution >= 4 is 5.97 Å². The summed E-state index contributed by atoms with van der Waals surface area (Å²) in [6.07, 6.45) is 1.42. The Hall–Kier alpha value is -3.87. The van der Waals surface area contributed by atoms with Crippen LogP contribution in [0.3, 0.4) is 0 Å². The van der Waals surface area contributed by atoms with E-state index >= 15 is 0 Å². The number of ether oxygens (including phenoxy) is 2. The molecule has 7 nitrogen and oxygen atoms in total. The highest BCUT2D eigenvalue weighted by atomic mass is 16.5. The van der Waals surface area contributed by atoms with Crippen LogP contribution in [0.2, 0.25) is 0 Å². The molecule has 0 aliphatic heterocycles. The van der Waals surface area contributed by atoms with E-state index in [1.165, 1.54) is 6.26 Å². The predicted octanol–water partition coefficient (Wildman–Crippen LogP) is 4.57. The van der Waals surface area contributed by atoms with Gasteiger partial charge in [-0.1, -0.05) is 41.1 Å². The number of benzene rings is 2. The minimum atomic E-state index is -0.622. The van der Waals surface area contributed by atoms with Gasteiger partial charge >= 0.3 is 5.97 Å². The van der Waals surface area contributed by atoms with Gasteiger partial charge in [-0.2, -0.15) is 4.98 Å². The van der Waals surface area contributed by atoms with Crippen molar-refractivity contribution in [3.05, 3.63) is 89.6 Å². The molecule has 2 heterocycles. The number of para-hydroxylation sites is 1. The molecule has 0 aliphatic carbocycles. The first kappa shape index (κ1) is 18.5. The van der Waals surface area contributed by atoms with Gasteiger partial charge in [0.1, 0.15) is 12.4 Å². The Labute approximate surface area is 166 Å². The predicted molar refractivity (Wildman–Crippen MR) is 103 cm³/mol. The molecule has 0 aliphatic rings. The molecular weight excluding hydrogens is 372 g/mol. The van der Waals surface area contributed by atoms with Crippen LogP contribution in [0.15, 0.2) is 75.9 Å². The quantitative estimate of drug-likeness (QED) is 0.427. The topological polar surface area (TPSA) is 87.6 Å². The van der Waals surface area contributed by atoms with Crippen LogP contribution in [0.5, 0.6) is 5.75 Å². The Bertz CT molecular complexity index is 1080. The summed E-state index contributed by atoms with van der Waals surface area (Å²) in [5.74, 6) is 0.795. The molecule has 0 unspecified atom stereocenters. The highest BCUT2D eigenvalue weighted by Gasteiger charge is 2.19. The third-order valence-electron chi connectivity index (χ3n) is 4.17. The number of rotatable bonds is 7. The van der Waals surface area contributed by atoms with Gasteiger partial charge in [-0.05, 0) is 37.3 Å². The van der Waals surface area contributed by atoms with Crippen LogP contribution >= 0.6 is 0 Å². The molecule has 0 saturated carbocycles. The van der Waals surface area contributed by atoms with E-state index in [0.29, 0.717) is 17.2 Å². The first-order valence-corrected chi connectivity index (χ1v) is 9.00. The highest BCUT2D eigenvalue weighted by molar-refractivity contribution is 5.87. The van der Waals surface area contributed by atoms with Gasteiger partial charge in [0.05, 0.1) is 6.26 Å². The van der Waals surface area contributed by atoms with Crippen LogP contribution in [-0.2, 0) is 18.0 Å². The van der Waals surface area contributed by atoms with Crippen molar-refractivity contribution in [1.29, 1.82) is 0 Å². The van der Waals surface area contributed by atoms with E-state index in [4.69, 9.17) is 18.4 Å².